The van der Waals surface area contributed by atoms with Crippen molar-refractivity contribution in [3.05, 3.63) is 53.5 Å². The number of esters is 1. The number of ether oxygens (including phenoxy) is 1. The Morgan fingerprint density at radius 2 is 1.90 bits per heavy atom. The normalized spacial score (nSPS) is 15.4. The molecule has 7 heteroatoms. The average molecular weight is 398 g/mol. The Kier molecular flexibility index (Phi) is 6.69. The van der Waals surface area contributed by atoms with Gasteiger partial charge >= 0.3 is 5.97 Å². The topological polar surface area (TPSA) is 97.6 Å². The highest BCUT2D eigenvalue weighted by molar-refractivity contribution is 6.03. The quantitative estimate of drug-likeness (QED) is 0.721. The van der Waals surface area contributed by atoms with Crippen LogP contribution in [0.3, 0.4) is 0 Å². The van der Waals surface area contributed by atoms with Crippen molar-refractivity contribution in [1.82, 2.24) is 5.32 Å². The number of carbonyl (C=O) groups excluding carboxylic acids is 3. The van der Waals surface area contributed by atoms with Gasteiger partial charge in [-0.05, 0) is 56.5 Å². The third-order valence-corrected chi connectivity index (χ3v) is 5.07. The fourth-order valence-electron chi connectivity index (χ4n) is 3.32. The molecule has 0 radical (unpaired) electrons. The van der Waals surface area contributed by atoms with Crippen LogP contribution in [0, 0.1) is 6.92 Å². The molecule has 1 heterocycles. The van der Waals surface area contributed by atoms with E-state index in [-0.39, 0.29) is 23.3 Å². The molecule has 1 aromatic carbocycles. The van der Waals surface area contributed by atoms with E-state index in [1.165, 1.54) is 18.8 Å². The summed E-state index contributed by atoms with van der Waals surface area (Å²) < 4.78 is 10.4. The van der Waals surface area contributed by atoms with Crippen molar-refractivity contribution in [2.45, 2.75) is 58.1 Å². The third kappa shape index (κ3) is 5.47. The number of amides is 2. The fraction of sp³-hybridized carbons (Fsp3) is 0.409. The smallest absolute Gasteiger partial charge is 0.338 e. The molecule has 0 saturated heterocycles. The van der Waals surface area contributed by atoms with Crippen LogP contribution >= 0.6 is 0 Å². The first-order valence-corrected chi connectivity index (χ1v) is 9.91. The van der Waals surface area contributed by atoms with Gasteiger partial charge in [-0.2, -0.15) is 0 Å². The maximum absolute atomic E-state index is 12.5. The number of carbonyl (C=O) groups is 3. The van der Waals surface area contributed by atoms with Crippen molar-refractivity contribution < 1.29 is 23.5 Å². The summed E-state index contributed by atoms with van der Waals surface area (Å²) in [5.74, 6) is -1.15. The molecule has 2 aromatic rings. The molecule has 1 atom stereocenters. The molecule has 3 rings (SSSR count). The molecular weight excluding hydrogens is 372 g/mol. The van der Waals surface area contributed by atoms with Gasteiger partial charge in [0.25, 0.3) is 11.8 Å². The van der Waals surface area contributed by atoms with Gasteiger partial charge in [0.1, 0.15) is 0 Å². The summed E-state index contributed by atoms with van der Waals surface area (Å²) in [6, 6.07) is 8.17. The molecule has 154 valence electrons. The Morgan fingerprint density at radius 1 is 1.14 bits per heavy atom. The minimum atomic E-state index is -0.896. The highest BCUT2D eigenvalue weighted by atomic mass is 16.5. The number of hydrogen-bond acceptors (Lipinski definition) is 5. The van der Waals surface area contributed by atoms with Crippen LogP contribution < -0.4 is 10.6 Å². The summed E-state index contributed by atoms with van der Waals surface area (Å²) >= 11 is 0. The minimum Gasteiger partial charge on any atom is -0.459 e. The zero-order valence-corrected chi connectivity index (χ0v) is 16.7. The van der Waals surface area contributed by atoms with Gasteiger partial charge in [-0.25, -0.2) is 4.79 Å². The summed E-state index contributed by atoms with van der Waals surface area (Å²) in [5.41, 5.74) is 1.51. The van der Waals surface area contributed by atoms with E-state index in [1.807, 2.05) is 6.92 Å². The number of rotatable bonds is 6. The molecule has 1 aliphatic rings. The summed E-state index contributed by atoms with van der Waals surface area (Å²) in [7, 11) is 0. The van der Waals surface area contributed by atoms with Crippen LogP contribution in [-0.2, 0) is 9.53 Å². The molecule has 29 heavy (non-hydrogen) atoms. The summed E-state index contributed by atoms with van der Waals surface area (Å²) in [6.07, 6.45) is 5.85. The van der Waals surface area contributed by atoms with Crippen molar-refractivity contribution >= 4 is 23.5 Å². The predicted octanol–water partition coefficient (Wildman–Crippen LogP) is 3.83. The number of benzene rings is 1. The first-order valence-electron chi connectivity index (χ1n) is 9.91. The number of furan rings is 1. The molecule has 1 aromatic heterocycles. The highest BCUT2D eigenvalue weighted by Gasteiger charge is 2.23. The van der Waals surface area contributed by atoms with E-state index in [1.54, 1.807) is 31.2 Å². The van der Waals surface area contributed by atoms with Crippen LogP contribution in [-0.4, -0.2) is 29.9 Å². The second kappa shape index (κ2) is 9.41. The Bertz CT molecular complexity index is 869. The molecule has 7 nitrogen and oxygen atoms in total. The van der Waals surface area contributed by atoms with Crippen molar-refractivity contribution in [3.63, 3.8) is 0 Å². The van der Waals surface area contributed by atoms with Crippen LogP contribution in [0.25, 0.3) is 0 Å². The second-order valence-electron chi connectivity index (χ2n) is 7.35. The third-order valence-electron chi connectivity index (χ3n) is 5.07. The number of anilines is 1. The second-order valence-corrected chi connectivity index (χ2v) is 7.35. The van der Waals surface area contributed by atoms with E-state index in [0.717, 1.165) is 31.2 Å². The van der Waals surface area contributed by atoms with Gasteiger partial charge in [-0.1, -0.05) is 25.3 Å². The fourth-order valence-corrected chi connectivity index (χ4v) is 3.32. The molecule has 2 N–H and O–H groups in total. The Balaban J connectivity index is 1.61. The molecule has 2 amide bonds. The van der Waals surface area contributed by atoms with Crippen LogP contribution in [0.15, 0.2) is 41.0 Å². The Labute approximate surface area is 169 Å². The van der Waals surface area contributed by atoms with Crippen molar-refractivity contribution in [2.24, 2.45) is 0 Å². The predicted molar refractivity (Wildman–Crippen MR) is 108 cm³/mol. The molecule has 1 fully saturated rings. The molecular formula is C22H26N2O5. The molecule has 0 unspecified atom stereocenters. The van der Waals surface area contributed by atoms with Gasteiger partial charge in [0.15, 0.2) is 11.9 Å². The van der Waals surface area contributed by atoms with Crippen LogP contribution in [0.5, 0.6) is 0 Å². The molecule has 0 spiro atoms. The SMILES string of the molecule is Cc1ccc(C(=O)O[C@H](C)C(=O)NC2CCCCC2)cc1NC(=O)c1ccco1. The molecule has 0 bridgehead atoms. The first-order chi connectivity index (χ1) is 13.9. The summed E-state index contributed by atoms with van der Waals surface area (Å²) in [4.78, 5) is 37.0. The van der Waals surface area contributed by atoms with Gasteiger partial charge in [0, 0.05) is 11.7 Å². The van der Waals surface area contributed by atoms with Crippen molar-refractivity contribution in [1.29, 1.82) is 0 Å². The lowest BCUT2D eigenvalue weighted by atomic mass is 9.95. The lowest BCUT2D eigenvalue weighted by Crippen LogP contribution is -2.42. The first kappa shape index (κ1) is 20.6. The van der Waals surface area contributed by atoms with Crippen LogP contribution in [0.4, 0.5) is 5.69 Å². The lowest BCUT2D eigenvalue weighted by molar-refractivity contribution is -0.130. The van der Waals surface area contributed by atoms with E-state index in [0.29, 0.717) is 5.69 Å². The molecule has 0 aliphatic heterocycles. The van der Waals surface area contributed by atoms with E-state index in [2.05, 4.69) is 10.6 Å². The van der Waals surface area contributed by atoms with E-state index in [4.69, 9.17) is 9.15 Å². The number of nitrogens with one attached hydrogen (secondary N) is 2. The Morgan fingerprint density at radius 3 is 2.59 bits per heavy atom. The van der Waals surface area contributed by atoms with Gasteiger partial charge in [0.05, 0.1) is 11.8 Å². The molecule has 1 aliphatic carbocycles. The summed E-state index contributed by atoms with van der Waals surface area (Å²) in [5, 5.41) is 5.67. The monoisotopic (exact) mass is 398 g/mol. The van der Waals surface area contributed by atoms with Gasteiger partial charge in [-0.3, -0.25) is 9.59 Å². The standard InChI is InChI=1S/C22H26N2O5/c1-14-10-11-16(13-18(14)24-21(26)19-9-6-12-28-19)22(27)29-15(2)20(25)23-17-7-4-3-5-8-17/h6,9-13,15,17H,3-5,7-8H2,1-2H3,(H,23,25)(H,24,26)/t15-/m1/s1. The summed E-state index contributed by atoms with van der Waals surface area (Å²) in [6.45, 7) is 3.37. The Hall–Kier alpha value is -3.09. The minimum absolute atomic E-state index is 0.153. The maximum atomic E-state index is 12.5. The van der Waals surface area contributed by atoms with Crippen molar-refractivity contribution in [3.8, 4) is 0 Å². The average Bonchev–Trinajstić information content (AvgIpc) is 3.25. The zero-order chi connectivity index (χ0) is 20.8. The van der Waals surface area contributed by atoms with Gasteiger partial charge in [0.2, 0.25) is 0 Å². The van der Waals surface area contributed by atoms with Crippen LogP contribution in [0.1, 0.15) is 65.5 Å². The van der Waals surface area contributed by atoms with Crippen LogP contribution in [0.2, 0.25) is 0 Å². The maximum Gasteiger partial charge on any atom is 0.338 e. The number of aryl methyl sites for hydroxylation is 1. The van der Waals surface area contributed by atoms with Gasteiger partial charge in [-0.15, -0.1) is 0 Å². The lowest BCUT2D eigenvalue weighted by Gasteiger charge is -2.24. The van der Waals surface area contributed by atoms with Crippen molar-refractivity contribution in [2.75, 3.05) is 5.32 Å². The number of hydrogen-bond donors (Lipinski definition) is 2. The van der Waals surface area contributed by atoms with E-state index in [9.17, 15) is 14.4 Å². The van der Waals surface area contributed by atoms with Gasteiger partial charge < -0.3 is 19.8 Å². The zero-order valence-electron chi connectivity index (χ0n) is 16.7. The largest absolute Gasteiger partial charge is 0.459 e. The van der Waals surface area contributed by atoms with E-state index < -0.39 is 18.0 Å². The highest BCUT2D eigenvalue weighted by Crippen LogP contribution is 2.20. The molecule has 1 saturated carbocycles. The van der Waals surface area contributed by atoms with E-state index >= 15 is 0 Å².